The number of alkyl halides is 2. The summed E-state index contributed by atoms with van der Waals surface area (Å²) < 4.78 is 57.8. The fourth-order valence-electron chi connectivity index (χ4n) is 5.71. The number of piperidine rings is 1. The number of halogens is 2. The van der Waals surface area contributed by atoms with Gasteiger partial charge < -0.3 is 19.1 Å². The smallest absolute Gasteiger partial charge is 0.387 e. The van der Waals surface area contributed by atoms with Crippen LogP contribution in [0.15, 0.2) is 36.4 Å². The van der Waals surface area contributed by atoms with Gasteiger partial charge in [-0.1, -0.05) is 17.9 Å². The van der Waals surface area contributed by atoms with E-state index >= 15 is 0 Å². The second-order valence-electron chi connectivity index (χ2n) is 9.63. The molecule has 2 atom stereocenters. The highest BCUT2D eigenvalue weighted by molar-refractivity contribution is 5.97. The number of aromatic nitrogens is 2. The Hall–Kier alpha value is -3.93. The topological polar surface area (TPSA) is 67.7 Å². The van der Waals surface area contributed by atoms with E-state index in [1.165, 1.54) is 18.2 Å². The van der Waals surface area contributed by atoms with Crippen LogP contribution in [0.25, 0.3) is 11.0 Å². The number of hydrogen-bond acceptors (Lipinski definition) is 4. The number of fused-ring (bicyclic) bond motifs is 9. The zero-order valence-corrected chi connectivity index (χ0v) is 20.1. The monoisotopic (exact) mass is 507 g/mol. The van der Waals surface area contributed by atoms with Gasteiger partial charge in [-0.3, -0.25) is 9.59 Å². The van der Waals surface area contributed by atoms with Crippen LogP contribution in [0.1, 0.15) is 69.7 Å². The highest BCUT2D eigenvalue weighted by Gasteiger charge is 2.45. The van der Waals surface area contributed by atoms with Gasteiger partial charge in [0, 0.05) is 60.1 Å². The Morgan fingerprint density at radius 2 is 2.03 bits per heavy atom. The summed E-state index contributed by atoms with van der Waals surface area (Å²) in [7, 11) is 0. The van der Waals surface area contributed by atoms with Crippen molar-refractivity contribution in [3.8, 4) is 17.6 Å². The fourth-order valence-corrected chi connectivity index (χ4v) is 5.71. The van der Waals surface area contributed by atoms with Gasteiger partial charge in [0.15, 0.2) is 0 Å². The van der Waals surface area contributed by atoms with E-state index in [4.69, 9.17) is 13.8 Å². The van der Waals surface area contributed by atoms with E-state index in [2.05, 4.69) is 11.8 Å². The number of imidazole rings is 1. The molecule has 0 saturated carbocycles. The number of carbonyl (C=O) groups excluding carboxylic acids is 2. The molecule has 37 heavy (non-hydrogen) atoms. The highest BCUT2D eigenvalue weighted by atomic mass is 19.3. The van der Waals surface area contributed by atoms with Crippen LogP contribution >= 0.6 is 0 Å². The van der Waals surface area contributed by atoms with Crippen LogP contribution < -0.4 is 4.74 Å². The minimum absolute atomic E-state index is 0.0159. The first-order valence-electron chi connectivity index (χ1n) is 13.7. The Labute approximate surface area is 217 Å². The van der Waals surface area contributed by atoms with Crippen molar-refractivity contribution in [1.29, 1.82) is 0 Å². The molecule has 3 aliphatic heterocycles. The van der Waals surface area contributed by atoms with Crippen molar-refractivity contribution in [2.45, 2.75) is 44.9 Å². The largest absolute Gasteiger partial charge is 0.434 e. The molecule has 4 heterocycles. The number of carbonyl (C=O) groups is 2. The lowest BCUT2D eigenvalue weighted by Crippen LogP contribution is -2.36. The summed E-state index contributed by atoms with van der Waals surface area (Å²) in [6.45, 7) is -2.99. The van der Waals surface area contributed by atoms with Crippen molar-refractivity contribution in [3.05, 3.63) is 58.9 Å². The molecule has 2 aromatic carbocycles. The number of benzene rings is 2. The third kappa shape index (κ3) is 3.91. The maximum atomic E-state index is 13.5. The van der Waals surface area contributed by atoms with E-state index < -0.39 is 31.6 Å². The number of nitrogens with zero attached hydrogens (tertiary/aromatic N) is 4. The van der Waals surface area contributed by atoms with Crippen molar-refractivity contribution in [3.63, 3.8) is 0 Å². The van der Waals surface area contributed by atoms with Crippen molar-refractivity contribution >= 4 is 22.8 Å². The summed E-state index contributed by atoms with van der Waals surface area (Å²) in [5, 5.41) is 0. The summed E-state index contributed by atoms with van der Waals surface area (Å²) in [6, 6.07) is 8.17. The van der Waals surface area contributed by atoms with Crippen molar-refractivity contribution in [1.82, 2.24) is 19.4 Å². The molecular formula is C28H26F2N4O3. The maximum absolute atomic E-state index is 13.5. The van der Waals surface area contributed by atoms with E-state index in [9.17, 15) is 18.4 Å². The molecule has 1 aromatic heterocycles. The third-order valence-electron chi connectivity index (χ3n) is 7.51. The van der Waals surface area contributed by atoms with E-state index in [-0.39, 0.29) is 35.1 Å². The number of ether oxygens (including phenoxy) is 1. The quantitative estimate of drug-likeness (QED) is 0.484. The van der Waals surface area contributed by atoms with E-state index in [1.54, 1.807) is 13.0 Å². The molecule has 0 spiro atoms. The first kappa shape index (κ1) is 20.2. The first-order valence-corrected chi connectivity index (χ1v) is 12.2. The lowest BCUT2D eigenvalue weighted by Gasteiger charge is -2.28. The average Bonchev–Trinajstić information content (AvgIpc) is 3.39. The summed E-state index contributed by atoms with van der Waals surface area (Å²) in [5.74, 6) is 6.19. The zero-order valence-electron chi connectivity index (χ0n) is 23.1. The van der Waals surface area contributed by atoms with Crippen LogP contribution in [0.3, 0.4) is 0 Å². The van der Waals surface area contributed by atoms with E-state index in [0.717, 1.165) is 23.3 Å². The lowest BCUT2D eigenvalue weighted by molar-refractivity contribution is -0.129. The number of amides is 2. The summed E-state index contributed by atoms with van der Waals surface area (Å²) >= 11 is 0. The maximum Gasteiger partial charge on any atom is 0.387 e. The summed E-state index contributed by atoms with van der Waals surface area (Å²) in [4.78, 5) is 32.5. The minimum atomic E-state index is -3.12. The van der Waals surface area contributed by atoms with Crippen LogP contribution in [0.4, 0.5) is 8.78 Å². The molecule has 2 amide bonds. The van der Waals surface area contributed by atoms with Crippen LogP contribution in [0.2, 0.25) is 0 Å². The molecule has 0 radical (unpaired) electrons. The van der Waals surface area contributed by atoms with Crippen molar-refractivity contribution < 1.29 is 27.2 Å². The average molecular weight is 508 g/mol. The predicted octanol–water partition coefficient (Wildman–Crippen LogP) is 4.37. The van der Waals surface area contributed by atoms with Crippen LogP contribution in [0.5, 0.6) is 5.75 Å². The van der Waals surface area contributed by atoms with Gasteiger partial charge >= 0.3 is 6.61 Å². The van der Waals surface area contributed by atoms with Gasteiger partial charge in [-0.15, -0.1) is 0 Å². The fraction of sp³-hybridized carbons (Fsp3) is 0.393. The van der Waals surface area contributed by atoms with Crippen LogP contribution in [-0.2, 0) is 4.79 Å². The Morgan fingerprint density at radius 1 is 1.22 bits per heavy atom. The Kier molecular flexibility index (Phi) is 4.84. The van der Waals surface area contributed by atoms with E-state index in [0.29, 0.717) is 29.9 Å². The predicted molar refractivity (Wildman–Crippen MR) is 132 cm³/mol. The molecule has 9 heteroatoms. The first-order chi connectivity index (χ1) is 19.0. The van der Waals surface area contributed by atoms with Crippen LogP contribution in [0, 0.1) is 17.8 Å². The second-order valence-corrected chi connectivity index (χ2v) is 9.63. The van der Waals surface area contributed by atoms with Gasteiger partial charge in [-0.2, -0.15) is 8.78 Å². The van der Waals surface area contributed by atoms with Gasteiger partial charge in [0.1, 0.15) is 11.6 Å². The van der Waals surface area contributed by atoms with Crippen molar-refractivity contribution in [2.24, 2.45) is 5.92 Å². The number of likely N-dealkylation sites (tertiary alicyclic amines) is 1. The van der Waals surface area contributed by atoms with Gasteiger partial charge in [-0.05, 0) is 43.2 Å². The Balaban J connectivity index is 1.45. The molecular weight excluding hydrogens is 478 g/mol. The van der Waals surface area contributed by atoms with Gasteiger partial charge in [0.25, 0.3) is 5.91 Å². The Bertz CT molecular complexity index is 1590. The SMILES string of the molecule is [2H]C([2H])([2H])N1C(=O)c2cccc(OC(F)F)c2[C@H]2C[C@@H]1c1nc3ccc(C#CC4CCN(C(C)=O)CC4)cc3n12. The molecule has 0 unspecified atom stereocenters. The number of hydrogen-bond donors (Lipinski definition) is 0. The second kappa shape index (κ2) is 8.87. The minimum Gasteiger partial charge on any atom is -0.434 e. The molecule has 3 aromatic rings. The highest BCUT2D eigenvalue weighted by Crippen LogP contribution is 2.49. The lowest BCUT2D eigenvalue weighted by atomic mass is 9.97. The molecule has 1 saturated heterocycles. The van der Waals surface area contributed by atoms with Gasteiger partial charge in [-0.25, -0.2) is 4.98 Å². The summed E-state index contributed by atoms with van der Waals surface area (Å²) in [5.41, 5.74) is 2.21. The summed E-state index contributed by atoms with van der Waals surface area (Å²) in [6.07, 6.45) is 1.75. The van der Waals surface area contributed by atoms with Crippen LogP contribution in [-0.4, -0.2) is 57.8 Å². The molecule has 3 aliphatic rings. The zero-order chi connectivity index (χ0) is 28.3. The Morgan fingerprint density at radius 3 is 2.76 bits per heavy atom. The number of rotatable bonds is 2. The molecule has 2 bridgehead atoms. The molecule has 7 nitrogen and oxygen atoms in total. The molecule has 190 valence electrons. The molecule has 0 N–H and O–H groups in total. The third-order valence-corrected chi connectivity index (χ3v) is 7.51. The van der Waals surface area contributed by atoms with E-state index in [1.807, 2.05) is 21.6 Å². The van der Waals surface area contributed by atoms with Gasteiger partial charge in [0.05, 0.1) is 23.1 Å². The molecule has 1 fully saturated rings. The standard InChI is InChI=1S/C28H26F2N4O3/c1-16(35)33-12-10-17(11-13-33)6-7-18-8-9-20-21(14-18)34-22-15-23(26(34)31-20)32(2)27(36)19-4-3-5-24(25(19)22)37-28(29)30/h3-5,8-9,14,17,22-23,28H,10-13,15H2,1-2H3/t22-,23-/m1/s1/i2D3. The van der Waals surface area contributed by atoms with Gasteiger partial charge in [0.2, 0.25) is 5.91 Å². The molecule has 6 rings (SSSR count). The normalized spacial score (nSPS) is 22.5. The van der Waals surface area contributed by atoms with Crippen molar-refractivity contribution in [2.75, 3.05) is 20.1 Å². The molecule has 0 aliphatic carbocycles.